The predicted molar refractivity (Wildman–Crippen MR) is 81.2 cm³/mol. The van der Waals surface area contributed by atoms with E-state index in [0.717, 1.165) is 58.3 Å². The molecule has 0 aliphatic carbocycles. The molecule has 1 N–H and O–H groups in total. The molecule has 0 unspecified atom stereocenters. The van der Waals surface area contributed by atoms with Crippen LogP contribution in [0.15, 0.2) is 24.3 Å². The van der Waals surface area contributed by atoms with Crippen molar-refractivity contribution < 1.29 is 34.3 Å². The standard InChI is InChI=1S/C16H26N2O2.2ClH/c1-2-20-16-6-3-5-15(13-16)14-17-7-4-8-18-9-11-19-12-10-18;;/h3,5-6,13,17H,2,4,7-12,14H2,1H3;2*1H/p-2. The summed E-state index contributed by atoms with van der Waals surface area (Å²) in [4.78, 5) is 2.47. The summed E-state index contributed by atoms with van der Waals surface area (Å²) in [5.74, 6) is 0.958. The molecule has 22 heavy (non-hydrogen) atoms. The van der Waals surface area contributed by atoms with Crippen molar-refractivity contribution >= 4 is 0 Å². The largest absolute Gasteiger partial charge is 1.00 e. The Kier molecular flexibility index (Phi) is 12.7. The van der Waals surface area contributed by atoms with Gasteiger partial charge in [0.1, 0.15) is 5.75 Å². The lowest BCUT2D eigenvalue weighted by Crippen LogP contribution is -3.00. The maximum absolute atomic E-state index is 5.51. The minimum atomic E-state index is 0. The van der Waals surface area contributed by atoms with Gasteiger partial charge in [-0.1, -0.05) is 12.1 Å². The van der Waals surface area contributed by atoms with E-state index in [2.05, 4.69) is 28.4 Å². The molecule has 1 aliphatic heterocycles. The molecule has 128 valence electrons. The number of nitrogens with one attached hydrogen (secondary N) is 1. The highest BCUT2D eigenvalue weighted by atomic mass is 35.5. The second-order valence-electron chi connectivity index (χ2n) is 5.06. The zero-order chi connectivity index (χ0) is 14.0. The average Bonchev–Trinajstić information content (AvgIpc) is 2.49. The van der Waals surface area contributed by atoms with Crippen LogP contribution in [-0.2, 0) is 11.3 Å². The van der Waals surface area contributed by atoms with Crippen LogP contribution < -0.4 is 34.9 Å². The first-order valence-corrected chi connectivity index (χ1v) is 7.61. The average molecular weight is 349 g/mol. The molecule has 0 bridgehead atoms. The van der Waals surface area contributed by atoms with Crippen molar-refractivity contribution in [3.05, 3.63) is 29.8 Å². The molecular weight excluding hydrogens is 323 g/mol. The second kappa shape index (κ2) is 13.0. The van der Waals surface area contributed by atoms with E-state index in [9.17, 15) is 0 Å². The minimum absolute atomic E-state index is 0. The number of benzene rings is 1. The van der Waals surface area contributed by atoms with Crippen molar-refractivity contribution in [3.63, 3.8) is 0 Å². The molecule has 0 atom stereocenters. The summed E-state index contributed by atoms with van der Waals surface area (Å²) in [6, 6.07) is 8.30. The summed E-state index contributed by atoms with van der Waals surface area (Å²) >= 11 is 0. The van der Waals surface area contributed by atoms with Gasteiger partial charge < -0.3 is 39.6 Å². The molecule has 1 aliphatic rings. The third-order valence-corrected chi connectivity index (χ3v) is 3.47. The van der Waals surface area contributed by atoms with Crippen LogP contribution in [0.1, 0.15) is 18.9 Å². The highest BCUT2D eigenvalue weighted by Crippen LogP contribution is 2.12. The summed E-state index contributed by atoms with van der Waals surface area (Å²) in [5, 5.41) is 3.50. The molecule has 1 aromatic rings. The van der Waals surface area contributed by atoms with Crippen LogP contribution in [0.2, 0.25) is 0 Å². The fourth-order valence-corrected chi connectivity index (χ4v) is 2.40. The first-order chi connectivity index (χ1) is 9.88. The molecule has 0 aromatic heterocycles. The predicted octanol–water partition coefficient (Wildman–Crippen LogP) is -4.09. The van der Waals surface area contributed by atoms with Gasteiger partial charge in [0.25, 0.3) is 0 Å². The molecule has 0 spiro atoms. The van der Waals surface area contributed by atoms with E-state index in [1.807, 2.05) is 13.0 Å². The lowest BCUT2D eigenvalue weighted by Gasteiger charge is -2.26. The molecule has 0 amide bonds. The Balaban J connectivity index is 0.00000220. The van der Waals surface area contributed by atoms with Gasteiger partial charge in [0.2, 0.25) is 0 Å². The number of morpholine rings is 1. The zero-order valence-corrected chi connectivity index (χ0v) is 14.7. The van der Waals surface area contributed by atoms with Crippen molar-refractivity contribution in [3.8, 4) is 5.75 Å². The van der Waals surface area contributed by atoms with Gasteiger partial charge in [-0.3, -0.25) is 4.90 Å². The van der Waals surface area contributed by atoms with Crippen LogP contribution in [0.4, 0.5) is 0 Å². The number of ether oxygens (including phenoxy) is 2. The Morgan fingerprint density at radius 1 is 1.23 bits per heavy atom. The van der Waals surface area contributed by atoms with Gasteiger partial charge in [0, 0.05) is 19.6 Å². The van der Waals surface area contributed by atoms with Crippen molar-refractivity contribution in [1.29, 1.82) is 0 Å². The second-order valence-corrected chi connectivity index (χ2v) is 5.06. The van der Waals surface area contributed by atoms with Crippen LogP contribution >= 0.6 is 0 Å². The van der Waals surface area contributed by atoms with E-state index in [0.29, 0.717) is 0 Å². The van der Waals surface area contributed by atoms with E-state index in [1.165, 1.54) is 12.0 Å². The summed E-state index contributed by atoms with van der Waals surface area (Å²) in [6.45, 7) is 9.78. The first-order valence-electron chi connectivity index (χ1n) is 7.61. The number of hydrogen-bond acceptors (Lipinski definition) is 4. The topological polar surface area (TPSA) is 33.7 Å². The SMILES string of the molecule is CCOc1cccc(CNCCCN2CCOCC2)c1.[Cl-].[Cl-]. The number of halogens is 2. The van der Waals surface area contributed by atoms with Crippen molar-refractivity contribution in [2.75, 3.05) is 46.0 Å². The van der Waals surface area contributed by atoms with Gasteiger partial charge in [0.15, 0.2) is 0 Å². The van der Waals surface area contributed by atoms with Crippen molar-refractivity contribution in [2.45, 2.75) is 19.9 Å². The minimum Gasteiger partial charge on any atom is -1.00 e. The summed E-state index contributed by atoms with van der Waals surface area (Å²) < 4.78 is 10.9. The quantitative estimate of drug-likeness (QED) is 0.484. The highest BCUT2D eigenvalue weighted by Gasteiger charge is 2.08. The molecule has 2 rings (SSSR count). The zero-order valence-electron chi connectivity index (χ0n) is 13.2. The van der Waals surface area contributed by atoms with Crippen molar-refractivity contribution in [1.82, 2.24) is 10.2 Å². The first kappa shape index (κ1) is 21.5. The highest BCUT2D eigenvalue weighted by molar-refractivity contribution is 5.28. The smallest absolute Gasteiger partial charge is 0.119 e. The summed E-state index contributed by atoms with van der Waals surface area (Å²) in [5.41, 5.74) is 1.28. The van der Waals surface area contributed by atoms with E-state index >= 15 is 0 Å². The third kappa shape index (κ3) is 8.20. The van der Waals surface area contributed by atoms with E-state index in [1.54, 1.807) is 0 Å². The number of hydrogen-bond donors (Lipinski definition) is 1. The summed E-state index contributed by atoms with van der Waals surface area (Å²) in [7, 11) is 0. The third-order valence-electron chi connectivity index (χ3n) is 3.47. The van der Waals surface area contributed by atoms with Gasteiger partial charge in [0.05, 0.1) is 19.8 Å². The van der Waals surface area contributed by atoms with Gasteiger partial charge >= 0.3 is 0 Å². The Labute approximate surface area is 146 Å². The van der Waals surface area contributed by atoms with E-state index < -0.39 is 0 Å². The molecule has 1 saturated heterocycles. The molecule has 1 fully saturated rings. The normalized spacial score (nSPS) is 14.8. The van der Waals surface area contributed by atoms with Gasteiger partial charge in [-0.15, -0.1) is 0 Å². The Hall–Kier alpha value is -0.520. The molecule has 0 saturated carbocycles. The molecule has 1 heterocycles. The monoisotopic (exact) mass is 348 g/mol. The fourth-order valence-electron chi connectivity index (χ4n) is 2.40. The van der Waals surface area contributed by atoms with Gasteiger partial charge in [-0.05, 0) is 44.1 Å². The van der Waals surface area contributed by atoms with Crippen LogP contribution in [0.25, 0.3) is 0 Å². The van der Waals surface area contributed by atoms with Crippen molar-refractivity contribution in [2.24, 2.45) is 0 Å². The van der Waals surface area contributed by atoms with Gasteiger partial charge in [-0.25, -0.2) is 0 Å². The lowest BCUT2D eigenvalue weighted by atomic mass is 10.2. The molecular formula is C16H26Cl2N2O2-2. The molecule has 6 heteroatoms. The van der Waals surface area contributed by atoms with Crippen LogP contribution in [-0.4, -0.2) is 50.9 Å². The van der Waals surface area contributed by atoms with Gasteiger partial charge in [-0.2, -0.15) is 0 Å². The molecule has 1 aromatic carbocycles. The molecule has 0 radical (unpaired) electrons. The fraction of sp³-hybridized carbons (Fsp3) is 0.625. The van der Waals surface area contributed by atoms with E-state index in [4.69, 9.17) is 9.47 Å². The van der Waals surface area contributed by atoms with Crippen LogP contribution in [0.3, 0.4) is 0 Å². The Morgan fingerprint density at radius 3 is 2.73 bits per heavy atom. The maximum atomic E-state index is 5.51. The molecule has 4 nitrogen and oxygen atoms in total. The Morgan fingerprint density at radius 2 is 2.00 bits per heavy atom. The maximum Gasteiger partial charge on any atom is 0.119 e. The van der Waals surface area contributed by atoms with Crippen LogP contribution in [0, 0.1) is 0 Å². The summed E-state index contributed by atoms with van der Waals surface area (Å²) in [6.07, 6.45) is 1.19. The van der Waals surface area contributed by atoms with Crippen LogP contribution in [0.5, 0.6) is 5.75 Å². The van der Waals surface area contributed by atoms with E-state index in [-0.39, 0.29) is 24.8 Å². The Bertz CT molecular complexity index is 388. The number of nitrogens with zero attached hydrogens (tertiary/aromatic N) is 1. The lowest BCUT2D eigenvalue weighted by molar-refractivity contribution is -0.00100. The number of rotatable bonds is 8.